The normalized spacial score (nSPS) is 21.3. The minimum absolute atomic E-state index is 0.0581. The summed E-state index contributed by atoms with van der Waals surface area (Å²) in [6, 6.07) is 2.24. The first kappa shape index (κ1) is 23.8. The zero-order valence-corrected chi connectivity index (χ0v) is 18.1. The van der Waals surface area contributed by atoms with Crippen LogP contribution in [0.15, 0.2) is 23.8 Å². The molecule has 2 rings (SSSR count). The second-order valence-corrected chi connectivity index (χ2v) is 7.34. The number of carbonyl (C=O) groups is 3. The molecule has 8 nitrogen and oxygen atoms in total. The third-order valence-electron chi connectivity index (χ3n) is 5.38. The lowest BCUT2D eigenvalue weighted by Gasteiger charge is -2.40. The number of hydrogen-bond acceptors (Lipinski definition) is 6. The highest BCUT2D eigenvalue weighted by Gasteiger charge is 2.40. The van der Waals surface area contributed by atoms with Crippen molar-refractivity contribution < 1.29 is 29.0 Å². The molecular formula is C22H32N2O6. The van der Waals surface area contributed by atoms with Crippen molar-refractivity contribution >= 4 is 18.2 Å². The zero-order valence-electron chi connectivity index (χ0n) is 18.1. The van der Waals surface area contributed by atoms with Gasteiger partial charge in [-0.1, -0.05) is 13.8 Å². The molecule has 166 valence electrons. The van der Waals surface area contributed by atoms with Gasteiger partial charge in [0.05, 0.1) is 43.2 Å². The number of hydrogen-bond donors (Lipinski definition) is 2. The Balaban J connectivity index is 2.58. The molecule has 0 bridgehead atoms. The molecule has 0 saturated heterocycles. The maximum Gasteiger partial charge on any atom is 0.333 e. The van der Waals surface area contributed by atoms with Crippen LogP contribution >= 0.6 is 0 Å². The van der Waals surface area contributed by atoms with Crippen LogP contribution < -0.4 is 5.32 Å². The van der Waals surface area contributed by atoms with E-state index in [1.807, 2.05) is 13.8 Å². The largest absolute Gasteiger partial charge is 0.463 e. The van der Waals surface area contributed by atoms with Gasteiger partial charge in [0.15, 0.2) is 6.29 Å². The molecule has 1 aliphatic rings. The molecule has 0 spiro atoms. The van der Waals surface area contributed by atoms with Crippen LogP contribution in [0, 0.1) is 0 Å². The summed E-state index contributed by atoms with van der Waals surface area (Å²) in [4.78, 5) is 36.2. The highest BCUT2D eigenvalue weighted by molar-refractivity contribution is 5.89. The number of rotatable bonds is 10. The fourth-order valence-electron chi connectivity index (χ4n) is 3.95. The van der Waals surface area contributed by atoms with Crippen molar-refractivity contribution in [1.82, 2.24) is 9.88 Å². The number of amides is 1. The summed E-state index contributed by atoms with van der Waals surface area (Å²) < 4.78 is 13.2. The Hall–Kier alpha value is -2.45. The predicted molar refractivity (Wildman–Crippen MR) is 111 cm³/mol. The van der Waals surface area contributed by atoms with Crippen LogP contribution in [0.1, 0.15) is 69.2 Å². The molecule has 8 heteroatoms. The van der Waals surface area contributed by atoms with E-state index in [1.54, 1.807) is 29.7 Å². The Morgan fingerprint density at radius 3 is 2.53 bits per heavy atom. The molecule has 0 unspecified atom stereocenters. The number of nitrogens with zero attached hydrogens (tertiary/aromatic N) is 1. The van der Waals surface area contributed by atoms with Crippen molar-refractivity contribution in [3.63, 3.8) is 0 Å². The first-order chi connectivity index (χ1) is 14.4. The van der Waals surface area contributed by atoms with Crippen LogP contribution in [-0.2, 0) is 25.7 Å². The van der Waals surface area contributed by atoms with Crippen LogP contribution in [-0.4, -0.2) is 52.7 Å². The number of aromatic nitrogens is 1. The summed E-state index contributed by atoms with van der Waals surface area (Å²) in [6.45, 7) is 7.12. The van der Waals surface area contributed by atoms with Gasteiger partial charge < -0.3 is 24.5 Å². The first-order valence-corrected chi connectivity index (χ1v) is 10.5. The topological polar surface area (TPSA) is 107 Å². The molecule has 2 N–H and O–H groups in total. The number of aliphatic hydroxyl groups excluding tert-OH is 1. The van der Waals surface area contributed by atoms with Crippen LogP contribution in [0.3, 0.4) is 0 Å². The van der Waals surface area contributed by atoms with Crippen LogP contribution in [0.5, 0.6) is 0 Å². The zero-order chi connectivity index (χ0) is 22.3. The third kappa shape index (κ3) is 5.37. The number of aldehydes is 1. The summed E-state index contributed by atoms with van der Waals surface area (Å²) in [5.41, 5.74) is 1.29. The Morgan fingerprint density at radius 2 is 2.00 bits per heavy atom. The van der Waals surface area contributed by atoms with Gasteiger partial charge in [0.1, 0.15) is 0 Å². The molecule has 0 fully saturated rings. The fourth-order valence-corrected chi connectivity index (χ4v) is 3.95. The molecule has 1 heterocycles. The number of aliphatic hydroxyl groups is 1. The van der Waals surface area contributed by atoms with Crippen LogP contribution in [0.25, 0.3) is 0 Å². The van der Waals surface area contributed by atoms with Crippen molar-refractivity contribution in [2.24, 2.45) is 0 Å². The van der Waals surface area contributed by atoms with Gasteiger partial charge in [0.25, 0.3) is 0 Å². The molecule has 0 aliphatic heterocycles. The highest BCUT2D eigenvalue weighted by atomic mass is 16.5. The summed E-state index contributed by atoms with van der Waals surface area (Å²) >= 11 is 0. The molecule has 3 atom stereocenters. The average molecular weight is 421 g/mol. The number of carbonyl (C=O) groups excluding carboxylic acids is 3. The van der Waals surface area contributed by atoms with Crippen LogP contribution in [0.2, 0.25) is 0 Å². The SMILES string of the molecule is CCOC(=O)C1=C[C@@H](OC(CC)CC)[C@H](NC(C)=O)[C@@H](n2c(C=O)ccc2CO)C1. The molecule has 1 aromatic rings. The third-order valence-corrected chi connectivity index (χ3v) is 5.38. The minimum atomic E-state index is -0.592. The Kier molecular flexibility index (Phi) is 8.80. The van der Waals surface area contributed by atoms with Gasteiger partial charge in [-0.3, -0.25) is 9.59 Å². The van der Waals surface area contributed by atoms with Crippen molar-refractivity contribution in [3.05, 3.63) is 35.2 Å². The average Bonchev–Trinajstić information content (AvgIpc) is 3.15. The Morgan fingerprint density at radius 1 is 1.30 bits per heavy atom. The second-order valence-electron chi connectivity index (χ2n) is 7.34. The van der Waals surface area contributed by atoms with E-state index in [-0.39, 0.29) is 31.6 Å². The van der Waals surface area contributed by atoms with Gasteiger partial charge in [0.2, 0.25) is 5.91 Å². The maximum atomic E-state index is 12.6. The van der Waals surface area contributed by atoms with Gasteiger partial charge in [0, 0.05) is 24.6 Å². The molecular weight excluding hydrogens is 388 g/mol. The number of esters is 1. The lowest BCUT2D eigenvalue weighted by Crippen LogP contribution is -2.52. The Bertz CT molecular complexity index is 781. The summed E-state index contributed by atoms with van der Waals surface area (Å²) in [5, 5.41) is 12.8. The number of ether oxygens (including phenoxy) is 2. The lowest BCUT2D eigenvalue weighted by atomic mass is 9.87. The fraction of sp³-hybridized carbons (Fsp3) is 0.591. The van der Waals surface area contributed by atoms with E-state index in [0.717, 1.165) is 12.8 Å². The first-order valence-electron chi connectivity index (χ1n) is 10.5. The second kappa shape index (κ2) is 11.1. The van der Waals surface area contributed by atoms with Crippen molar-refractivity contribution in [2.75, 3.05) is 6.61 Å². The molecule has 30 heavy (non-hydrogen) atoms. The van der Waals surface area contributed by atoms with E-state index < -0.39 is 24.2 Å². The maximum absolute atomic E-state index is 12.6. The molecule has 0 saturated carbocycles. The van der Waals surface area contributed by atoms with Crippen LogP contribution in [0.4, 0.5) is 0 Å². The molecule has 1 amide bonds. The van der Waals surface area contributed by atoms with E-state index in [9.17, 15) is 19.5 Å². The van der Waals surface area contributed by atoms with Crippen molar-refractivity contribution in [3.8, 4) is 0 Å². The van der Waals surface area contributed by atoms with E-state index in [2.05, 4.69) is 5.32 Å². The summed E-state index contributed by atoms with van der Waals surface area (Å²) in [7, 11) is 0. The van der Waals surface area contributed by atoms with E-state index in [0.29, 0.717) is 23.2 Å². The number of nitrogens with one attached hydrogen (secondary N) is 1. The molecule has 0 radical (unpaired) electrons. The minimum Gasteiger partial charge on any atom is -0.463 e. The quantitative estimate of drug-likeness (QED) is 0.444. The van der Waals surface area contributed by atoms with Gasteiger partial charge in [-0.2, -0.15) is 0 Å². The monoisotopic (exact) mass is 420 g/mol. The van der Waals surface area contributed by atoms with Crippen molar-refractivity contribution in [1.29, 1.82) is 0 Å². The standard InChI is InChI=1S/C22H32N2O6/c1-5-18(6-2)30-20-11-15(22(28)29-7-3)10-19(21(20)23-14(4)27)24-16(12-25)8-9-17(24)13-26/h8-9,11-12,18-21,26H,5-7,10,13H2,1-4H3,(H,23,27)/t19-,20+,21+/m0/s1. The van der Waals surface area contributed by atoms with E-state index in [4.69, 9.17) is 9.47 Å². The molecule has 1 aliphatic carbocycles. The smallest absolute Gasteiger partial charge is 0.333 e. The van der Waals surface area contributed by atoms with Crippen molar-refractivity contribution in [2.45, 2.75) is 77.9 Å². The van der Waals surface area contributed by atoms with Gasteiger partial charge >= 0.3 is 5.97 Å². The lowest BCUT2D eigenvalue weighted by molar-refractivity contribution is -0.139. The Labute approximate surface area is 177 Å². The van der Waals surface area contributed by atoms with E-state index in [1.165, 1.54) is 6.92 Å². The van der Waals surface area contributed by atoms with E-state index >= 15 is 0 Å². The molecule has 0 aromatic carbocycles. The predicted octanol–water partition coefficient (Wildman–Crippen LogP) is 2.31. The summed E-state index contributed by atoms with van der Waals surface area (Å²) in [6.07, 6.45) is 3.55. The van der Waals surface area contributed by atoms with Gasteiger partial charge in [-0.15, -0.1) is 0 Å². The summed E-state index contributed by atoms with van der Waals surface area (Å²) in [5.74, 6) is -0.700. The van der Waals surface area contributed by atoms with Gasteiger partial charge in [-0.05, 0) is 38.0 Å². The highest BCUT2D eigenvalue weighted by Crippen LogP contribution is 2.34. The molecule has 1 aromatic heterocycles. The van der Waals surface area contributed by atoms with Gasteiger partial charge in [-0.25, -0.2) is 4.79 Å².